The number of rotatable bonds is 7. The summed E-state index contributed by atoms with van der Waals surface area (Å²) in [7, 11) is 1.62. The summed E-state index contributed by atoms with van der Waals surface area (Å²) in [5.74, 6) is 0.343. The number of esters is 1. The Morgan fingerprint density at radius 2 is 1.91 bits per heavy atom. The lowest BCUT2D eigenvalue weighted by Gasteiger charge is -2.20. The average molecular weight is 499 g/mol. The largest absolute Gasteiger partial charge is 0.497 e. The number of nitrogens with zero attached hydrogens (tertiary/aromatic N) is 2. The standard InChI is InChI=1S/C24H22N2O4S3/c1-3-30-22(27)13-14-25-18-15-17(29-2)9-10-19(18)32-21(25)12-11-20-23(28)26(24(31)33-20)16-7-5-4-6-8-16/h4-12,15H,3,13-14H2,1-2H3/b20-11-,21-12+. The maximum absolute atomic E-state index is 13.0. The van der Waals surface area contributed by atoms with E-state index in [2.05, 4.69) is 0 Å². The summed E-state index contributed by atoms with van der Waals surface area (Å²) in [6.07, 6.45) is 3.95. The maximum atomic E-state index is 13.0. The van der Waals surface area contributed by atoms with Gasteiger partial charge in [0, 0.05) is 17.5 Å². The van der Waals surface area contributed by atoms with Crippen molar-refractivity contribution < 1.29 is 19.1 Å². The van der Waals surface area contributed by atoms with Crippen LogP contribution in [-0.2, 0) is 14.3 Å². The molecule has 170 valence electrons. The van der Waals surface area contributed by atoms with Crippen LogP contribution in [0.25, 0.3) is 0 Å². The van der Waals surface area contributed by atoms with Gasteiger partial charge in [0.2, 0.25) is 0 Å². The predicted molar refractivity (Wildman–Crippen MR) is 138 cm³/mol. The van der Waals surface area contributed by atoms with E-state index >= 15 is 0 Å². The molecule has 0 saturated carbocycles. The smallest absolute Gasteiger partial charge is 0.307 e. The quantitative estimate of drug-likeness (QED) is 0.288. The monoisotopic (exact) mass is 498 g/mol. The Balaban J connectivity index is 1.60. The van der Waals surface area contributed by atoms with E-state index in [1.54, 1.807) is 36.8 Å². The highest BCUT2D eigenvalue weighted by molar-refractivity contribution is 8.27. The zero-order valence-electron chi connectivity index (χ0n) is 18.1. The van der Waals surface area contributed by atoms with E-state index in [0.29, 0.717) is 22.4 Å². The number of carbonyl (C=O) groups excluding carboxylic acids is 2. The third-order valence-electron chi connectivity index (χ3n) is 4.97. The van der Waals surface area contributed by atoms with Crippen molar-refractivity contribution in [2.24, 2.45) is 0 Å². The Labute approximate surface area is 206 Å². The number of benzene rings is 2. The van der Waals surface area contributed by atoms with Crippen LogP contribution >= 0.6 is 35.7 Å². The minimum absolute atomic E-state index is 0.145. The van der Waals surface area contributed by atoms with Crippen LogP contribution in [0.15, 0.2) is 75.5 Å². The summed E-state index contributed by atoms with van der Waals surface area (Å²) in [4.78, 5) is 30.2. The van der Waals surface area contributed by atoms with Crippen LogP contribution < -0.4 is 14.5 Å². The molecule has 2 aromatic carbocycles. The second kappa shape index (κ2) is 10.5. The fraction of sp³-hybridized carbons (Fsp3) is 0.208. The highest BCUT2D eigenvalue weighted by Gasteiger charge is 2.33. The first kappa shape index (κ1) is 23.4. The third kappa shape index (κ3) is 5.10. The number of fused-ring (bicyclic) bond motifs is 1. The van der Waals surface area contributed by atoms with Gasteiger partial charge in [-0.2, -0.15) is 0 Å². The van der Waals surface area contributed by atoms with Crippen molar-refractivity contribution in [1.29, 1.82) is 0 Å². The van der Waals surface area contributed by atoms with Gasteiger partial charge < -0.3 is 14.4 Å². The SMILES string of the molecule is CCOC(=O)CCN1/C(=C\C=C2/SC(=S)N(c3ccccc3)C2=O)Sc2ccc(OC)cc21. The van der Waals surface area contributed by atoms with Crippen molar-refractivity contribution in [2.45, 2.75) is 18.2 Å². The first-order valence-corrected chi connectivity index (χ1v) is 12.4. The van der Waals surface area contributed by atoms with Crippen molar-refractivity contribution in [3.8, 4) is 5.75 Å². The van der Waals surface area contributed by atoms with Gasteiger partial charge in [0.1, 0.15) is 5.75 Å². The number of hydrogen-bond donors (Lipinski definition) is 0. The molecule has 1 fully saturated rings. The van der Waals surface area contributed by atoms with E-state index in [9.17, 15) is 9.59 Å². The zero-order valence-corrected chi connectivity index (χ0v) is 20.6. The van der Waals surface area contributed by atoms with Gasteiger partial charge in [-0.1, -0.05) is 53.9 Å². The molecule has 0 aliphatic carbocycles. The Kier molecular flexibility index (Phi) is 7.42. The molecule has 2 aliphatic heterocycles. The molecule has 0 bridgehead atoms. The number of allylic oxidation sites excluding steroid dienone is 2. The molecule has 2 heterocycles. The number of amides is 1. The van der Waals surface area contributed by atoms with Gasteiger partial charge in [-0.25, -0.2) is 0 Å². The molecule has 0 radical (unpaired) electrons. The maximum Gasteiger partial charge on any atom is 0.307 e. The number of para-hydroxylation sites is 1. The molecule has 1 amide bonds. The molecule has 0 aromatic heterocycles. The summed E-state index contributed by atoms with van der Waals surface area (Å²) < 4.78 is 11.0. The van der Waals surface area contributed by atoms with E-state index in [1.165, 1.54) is 11.8 Å². The fourth-order valence-corrected chi connectivity index (χ4v) is 5.74. The van der Waals surface area contributed by atoms with E-state index < -0.39 is 0 Å². The van der Waals surface area contributed by atoms with E-state index in [4.69, 9.17) is 21.7 Å². The lowest BCUT2D eigenvalue weighted by Crippen LogP contribution is -2.27. The molecule has 0 N–H and O–H groups in total. The molecular weight excluding hydrogens is 476 g/mol. The van der Waals surface area contributed by atoms with Crippen LogP contribution in [0.5, 0.6) is 5.75 Å². The number of carbonyl (C=O) groups is 2. The molecule has 6 nitrogen and oxygen atoms in total. The van der Waals surface area contributed by atoms with Gasteiger partial charge in [-0.15, -0.1) is 0 Å². The van der Waals surface area contributed by atoms with Crippen LogP contribution in [0.1, 0.15) is 13.3 Å². The van der Waals surface area contributed by atoms with Crippen LogP contribution in [-0.4, -0.2) is 36.5 Å². The molecule has 1 saturated heterocycles. The number of ether oxygens (including phenoxy) is 2. The van der Waals surface area contributed by atoms with Crippen molar-refractivity contribution in [1.82, 2.24) is 0 Å². The number of hydrogen-bond acceptors (Lipinski definition) is 8. The summed E-state index contributed by atoms with van der Waals surface area (Å²) in [6.45, 7) is 2.60. The minimum Gasteiger partial charge on any atom is -0.497 e. The van der Waals surface area contributed by atoms with Crippen molar-refractivity contribution >= 4 is 63.3 Å². The second-order valence-electron chi connectivity index (χ2n) is 7.02. The lowest BCUT2D eigenvalue weighted by atomic mass is 10.2. The molecule has 4 rings (SSSR count). The highest BCUT2D eigenvalue weighted by Crippen LogP contribution is 2.47. The Morgan fingerprint density at radius 1 is 1.12 bits per heavy atom. The third-order valence-corrected chi connectivity index (χ3v) is 7.42. The summed E-state index contributed by atoms with van der Waals surface area (Å²) in [6, 6.07) is 15.2. The van der Waals surface area contributed by atoms with Gasteiger partial charge in [0.25, 0.3) is 5.91 Å². The molecule has 33 heavy (non-hydrogen) atoms. The Morgan fingerprint density at radius 3 is 2.64 bits per heavy atom. The van der Waals surface area contributed by atoms with E-state index in [0.717, 1.165) is 27.0 Å². The van der Waals surface area contributed by atoms with Crippen LogP contribution in [0, 0.1) is 0 Å². The van der Waals surface area contributed by atoms with Crippen LogP contribution in [0.2, 0.25) is 0 Å². The summed E-state index contributed by atoms with van der Waals surface area (Å²) >= 11 is 8.31. The summed E-state index contributed by atoms with van der Waals surface area (Å²) in [5, 5.41) is 0.910. The fourth-order valence-electron chi connectivity index (χ4n) is 3.43. The normalized spacial score (nSPS) is 17.8. The van der Waals surface area contributed by atoms with Gasteiger partial charge >= 0.3 is 5.97 Å². The van der Waals surface area contributed by atoms with Crippen molar-refractivity contribution in [2.75, 3.05) is 30.1 Å². The van der Waals surface area contributed by atoms with Gasteiger partial charge in [-0.3, -0.25) is 14.5 Å². The molecule has 9 heteroatoms. The first-order chi connectivity index (χ1) is 16.0. The minimum atomic E-state index is -0.248. The topological polar surface area (TPSA) is 59.1 Å². The van der Waals surface area contributed by atoms with Crippen LogP contribution in [0.3, 0.4) is 0 Å². The first-order valence-electron chi connectivity index (χ1n) is 10.3. The van der Waals surface area contributed by atoms with Crippen molar-refractivity contribution in [3.05, 3.63) is 70.6 Å². The van der Waals surface area contributed by atoms with Crippen molar-refractivity contribution in [3.63, 3.8) is 0 Å². The molecule has 0 spiro atoms. The number of methoxy groups -OCH3 is 1. The second-order valence-corrected chi connectivity index (χ2v) is 9.76. The summed E-state index contributed by atoms with van der Waals surface area (Å²) in [5.41, 5.74) is 1.71. The van der Waals surface area contributed by atoms with Gasteiger partial charge in [0.05, 0.1) is 41.4 Å². The Hall–Kier alpha value is -2.75. The predicted octanol–water partition coefficient (Wildman–Crippen LogP) is 5.35. The van der Waals surface area contributed by atoms with E-state index in [1.807, 2.05) is 59.5 Å². The highest BCUT2D eigenvalue weighted by atomic mass is 32.2. The Bertz CT molecular complexity index is 1150. The number of thioether (sulfide) groups is 2. The molecule has 2 aromatic rings. The number of thiocarbonyl (C=S) groups is 1. The zero-order chi connectivity index (χ0) is 23.4. The molecule has 0 atom stereocenters. The van der Waals surface area contributed by atoms with Gasteiger partial charge in [-0.05, 0) is 43.3 Å². The average Bonchev–Trinajstić information content (AvgIpc) is 3.31. The van der Waals surface area contributed by atoms with Gasteiger partial charge in [0.15, 0.2) is 4.32 Å². The molecule has 0 unspecified atom stereocenters. The number of anilines is 2. The van der Waals surface area contributed by atoms with E-state index in [-0.39, 0.29) is 18.3 Å². The van der Waals surface area contributed by atoms with Crippen LogP contribution in [0.4, 0.5) is 11.4 Å². The lowest BCUT2D eigenvalue weighted by molar-refractivity contribution is -0.142. The molecule has 2 aliphatic rings. The molecular formula is C24H22N2O4S3.